The highest BCUT2D eigenvalue weighted by atomic mass is 16.5. The molecule has 0 saturated carbocycles. The zero-order valence-corrected chi connectivity index (χ0v) is 13.8. The predicted octanol–water partition coefficient (Wildman–Crippen LogP) is 3.68. The number of phenolic OH excluding ortho intramolecular Hbond substituents is 2. The van der Waals surface area contributed by atoms with Crippen molar-refractivity contribution in [2.45, 2.75) is 20.3 Å². The van der Waals surface area contributed by atoms with Crippen molar-refractivity contribution < 1.29 is 24.9 Å². The third kappa shape index (κ3) is 3.35. The summed E-state index contributed by atoms with van der Waals surface area (Å²) >= 11 is 0. The summed E-state index contributed by atoms with van der Waals surface area (Å²) in [5, 5.41) is 29.2. The van der Waals surface area contributed by atoms with E-state index >= 15 is 0 Å². The molecule has 0 aliphatic carbocycles. The second-order valence-corrected chi connectivity index (χ2v) is 5.49. The van der Waals surface area contributed by atoms with E-state index in [1.54, 1.807) is 32.0 Å². The van der Waals surface area contributed by atoms with Crippen LogP contribution in [0.5, 0.6) is 17.2 Å². The molecule has 2 aromatic carbocycles. The van der Waals surface area contributed by atoms with Gasteiger partial charge in [-0.1, -0.05) is 24.3 Å². The van der Waals surface area contributed by atoms with Crippen LogP contribution in [0.3, 0.4) is 0 Å². The van der Waals surface area contributed by atoms with Gasteiger partial charge in [0.05, 0.1) is 7.11 Å². The molecule has 0 bridgehead atoms. The minimum atomic E-state index is -1.13. The topological polar surface area (TPSA) is 87.0 Å². The van der Waals surface area contributed by atoms with E-state index in [1.165, 1.54) is 7.11 Å². The maximum Gasteiger partial charge on any atom is 0.339 e. The summed E-state index contributed by atoms with van der Waals surface area (Å²) in [6, 6.07) is 6.81. The minimum Gasteiger partial charge on any atom is -0.508 e. The molecule has 5 heteroatoms. The summed E-state index contributed by atoms with van der Waals surface area (Å²) in [4.78, 5) is 11.4. The fraction of sp³-hybridized carbons (Fsp3) is 0.211. The molecule has 0 heterocycles. The van der Waals surface area contributed by atoms with E-state index in [0.29, 0.717) is 23.1 Å². The number of carboxylic acids is 1. The van der Waals surface area contributed by atoms with E-state index in [9.17, 15) is 20.1 Å². The van der Waals surface area contributed by atoms with Gasteiger partial charge in [-0.05, 0) is 49.1 Å². The van der Waals surface area contributed by atoms with E-state index in [-0.39, 0.29) is 22.8 Å². The minimum absolute atomic E-state index is 0.0202. The number of aromatic carboxylic acids is 1. The van der Waals surface area contributed by atoms with Gasteiger partial charge in [0, 0.05) is 5.56 Å². The fourth-order valence-electron chi connectivity index (χ4n) is 2.66. The van der Waals surface area contributed by atoms with Crippen LogP contribution in [0.15, 0.2) is 30.3 Å². The predicted molar refractivity (Wildman–Crippen MR) is 91.9 cm³/mol. The second kappa shape index (κ2) is 7.08. The Morgan fingerprint density at radius 3 is 2.50 bits per heavy atom. The first kappa shape index (κ1) is 17.4. The van der Waals surface area contributed by atoms with Crippen LogP contribution in [0, 0.1) is 13.8 Å². The monoisotopic (exact) mass is 328 g/mol. The second-order valence-electron chi connectivity index (χ2n) is 5.49. The largest absolute Gasteiger partial charge is 0.508 e. The van der Waals surface area contributed by atoms with Crippen molar-refractivity contribution in [1.82, 2.24) is 0 Å². The van der Waals surface area contributed by atoms with Gasteiger partial charge in [0.1, 0.15) is 11.3 Å². The number of methoxy groups -OCH3 is 1. The van der Waals surface area contributed by atoms with Gasteiger partial charge in [-0.15, -0.1) is 0 Å². The highest BCUT2D eigenvalue weighted by Gasteiger charge is 2.23. The molecule has 0 atom stereocenters. The molecule has 0 aliphatic rings. The first-order valence-corrected chi connectivity index (χ1v) is 7.44. The van der Waals surface area contributed by atoms with Crippen molar-refractivity contribution in [1.29, 1.82) is 0 Å². The van der Waals surface area contributed by atoms with E-state index in [1.807, 2.05) is 18.2 Å². The molecule has 0 unspecified atom stereocenters. The van der Waals surface area contributed by atoms with Crippen LogP contribution in [0.1, 0.15) is 32.6 Å². The van der Waals surface area contributed by atoms with Gasteiger partial charge in [-0.2, -0.15) is 0 Å². The highest BCUT2D eigenvalue weighted by molar-refractivity contribution is 5.94. The lowest BCUT2D eigenvalue weighted by Crippen LogP contribution is -2.07. The third-order valence-electron chi connectivity index (χ3n) is 4.04. The van der Waals surface area contributed by atoms with Crippen molar-refractivity contribution in [3.8, 4) is 17.2 Å². The Bertz CT molecular complexity index is 806. The first-order valence-electron chi connectivity index (χ1n) is 7.44. The number of hydrogen-bond donors (Lipinski definition) is 3. The number of allylic oxidation sites excluding steroid dienone is 1. The molecule has 24 heavy (non-hydrogen) atoms. The fourth-order valence-corrected chi connectivity index (χ4v) is 2.66. The summed E-state index contributed by atoms with van der Waals surface area (Å²) in [5.41, 5.74) is 2.71. The summed E-state index contributed by atoms with van der Waals surface area (Å²) in [6.45, 7) is 3.47. The van der Waals surface area contributed by atoms with Crippen molar-refractivity contribution >= 4 is 12.0 Å². The number of ether oxygens (including phenoxy) is 1. The van der Waals surface area contributed by atoms with Gasteiger partial charge in [0.2, 0.25) is 0 Å². The Balaban J connectivity index is 2.40. The van der Waals surface area contributed by atoms with Crippen LogP contribution in [-0.2, 0) is 6.42 Å². The standard InChI is InChI=1S/C19H20O5/c1-11-12(2)16(19(22)23)18(24-3)17(21)15(11)9-5-7-13-6-4-8-14(20)10-13/h4-8,10,20-21H,9H2,1-3H3,(H,22,23). The number of benzene rings is 2. The SMILES string of the molecule is COc1c(O)c(CC=Cc2cccc(O)c2)c(C)c(C)c1C(=O)O. The van der Waals surface area contributed by atoms with Crippen molar-refractivity contribution in [3.05, 3.63) is 58.2 Å². The lowest BCUT2D eigenvalue weighted by molar-refractivity contribution is 0.0691. The van der Waals surface area contributed by atoms with Crippen molar-refractivity contribution in [3.63, 3.8) is 0 Å². The number of carbonyl (C=O) groups is 1. The van der Waals surface area contributed by atoms with Crippen molar-refractivity contribution in [2.24, 2.45) is 0 Å². The van der Waals surface area contributed by atoms with E-state index in [2.05, 4.69) is 0 Å². The van der Waals surface area contributed by atoms with Crippen LogP contribution in [0.4, 0.5) is 0 Å². The number of rotatable bonds is 5. The van der Waals surface area contributed by atoms with Crippen LogP contribution in [0.2, 0.25) is 0 Å². The van der Waals surface area contributed by atoms with Gasteiger partial charge in [-0.25, -0.2) is 4.79 Å². The van der Waals surface area contributed by atoms with Crippen LogP contribution in [-0.4, -0.2) is 28.4 Å². The molecular formula is C19H20O5. The zero-order chi connectivity index (χ0) is 17.9. The molecule has 5 nitrogen and oxygen atoms in total. The molecule has 0 radical (unpaired) electrons. The van der Waals surface area contributed by atoms with E-state index < -0.39 is 5.97 Å². The summed E-state index contributed by atoms with van der Waals surface area (Å²) < 4.78 is 5.11. The first-order chi connectivity index (χ1) is 11.4. The summed E-state index contributed by atoms with van der Waals surface area (Å²) in [7, 11) is 1.34. The highest BCUT2D eigenvalue weighted by Crippen LogP contribution is 2.39. The van der Waals surface area contributed by atoms with Gasteiger partial charge < -0.3 is 20.1 Å². The number of carboxylic acid groups (broad SMARTS) is 1. The van der Waals surface area contributed by atoms with Gasteiger partial charge >= 0.3 is 5.97 Å². The maximum absolute atomic E-state index is 11.4. The van der Waals surface area contributed by atoms with E-state index in [0.717, 1.165) is 5.56 Å². The molecule has 2 aromatic rings. The molecule has 126 valence electrons. The Kier molecular flexibility index (Phi) is 5.14. The smallest absolute Gasteiger partial charge is 0.339 e. The number of phenols is 2. The number of hydrogen-bond acceptors (Lipinski definition) is 4. The zero-order valence-electron chi connectivity index (χ0n) is 13.8. The van der Waals surface area contributed by atoms with E-state index in [4.69, 9.17) is 4.74 Å². The van der Waals surface area contributed by atoms with Gasteiger partial charge in [0.25, 0.3) is 0 Å². The average molecular weight is 328 g/mol. The Hall–Kier alpha value is -2.95. The molecule has 0 spiro atoms. The molecule has 3 N–H and O–H groups in total. The van der Waals surface area contributed by atoms with Crippen LogP contribution in [0.25, 0.3) is 6.08 Å². The molecule has 0 aliphatic heterocycles. The average Bonchev–Trinajstić information content (AvgIpc) is 2.53. The molecule has 0 saturated heterocycles. The van der Waals surface area contributed by atoms with Crippen molar-refractivity contribution in [2.75, 3.05) is 7.11 Å². The molecular weight excluding hydrogens is 308 g/mol. The lowest BCUT2D eigenvalue weighted by Gasteiger charge is -2.17. The Labute approximate surface area is 140 Å². The Morgan fingerprint density at radius 2 is 1.92 bits per heavy atom. The van der Waals surface area contributed by atoms with Gasteiger partial charge in [0.15, 0.2) is 11.5 Å². The maximum atomic E-state index is 11.4. The summed E-state index contributed by atoms with van der Waals surface area (Å²) in [6.07, 6.45) is 4.08. The third-order valence-corrected chi connectivity index (χ3v) is 4.04. The molecule has 0 amide bonds. The quantitative estimate of drug-likeness (QED) is 0.779. The molecule has 0 fully saturated rings. The molecule has 2 rings (SSSR count). The number of aromatic hydroxyl groups is 2. The normalized spacial score (nSPS) is 11.0. The lowest BCUT2D eigenvalue weighted by atomic mass is 9.93. The van der Waals surface area contributed by atoms with Crippen LogP contribution < -0.4 is 4.74 Å². The Morgan fingerprint density at radius 1 is 1.21 bits per heavy atom. The summed E-state index contributed by atoms with van der Waals surface area (Å²) in [5.74, 6) is -1.13. The molecule has 0 aromatic heterocycles. The van der Waals surface area contributed by atoms with Crippen LogP contribution >= 0.6 is 0 Å². The van der Waals surface area contributed by atoms with Gasteiger partial charge in [-0.3, -0.25) is 0 Å².